The van der Waals surface area contributed by atoms with Crippen LogP contribution in [0.15, 0.2) is 40.8 Å². The zero-order valence-electron chi connectivity index (χ0n) is 9.31. The summed E-state index contributed by atoms with van der Waals surface area (Å²) in [5.74, 6) is 2.41. The first-order valence-electron chi connectivity index (χ1n) is 5.66. The predicted molar refractivity (Wildman–Crippen MR) is 64.2 cm³/mol. The topological polar surface area (TPSA) is 39.2 Å². The van der Waals surface area contributed by atoms with Crippen LogP contribution in [-0.4, -0.2) is 6.04 Å². The molecule has 2 heteroatoms. The second kappa shape index (κ2) is 3.49. The minimum Gasteiger partial charge on any atom is -0.461 e. The van der Waals surface area contributed by atoms with Gasteiger partial charge in [-0.05, 0) is 25.5 Å². The van der Waals surface area contributed by atoms with Gasteiger partial charge in [0.1, 0.15) is 11.5 Å². The fourth-order valence-corrected chi connectivity index (χ4v) is 1.97. The zero-order valence-corrected chi connectivity index (χ0v) is 9.31. The van der Waals surface area contributed by atoms with Gasteiger partial charge in [-0.3, -0.25) is 0 Å². The molecule has 1 fully saturated rings. The molecule has 2 nitrogen and oxygen atoms in total. The van der Waals surface area contributed by atoms with E-state index >= 15 is 0 Å². The van der Waals surface area contributed by atoms with Crippen LogP contribution >= 0.6 is 0 Å². The molecule has 1 aliphatic rings. The summed E-state index contributed by atoms with van der Waals surface area (Å²) in [4.78, 5) is 0. The molecule has 0 saturated heterocycles. The van der Waals surface area contributed by atoms with Gasteiger partial charge in [-0.1, -0.05) is 29.8 Å². The van der Waals surface area contributed by atoms with E-state index in [9.17, 15) is 0 Å². The Kier molecular flexibility index (Phi) is 2.11. The SMILES string of the molecule is Cc1ccc(-c2ccc([C@@H]3C[C@H]3N)o2)cc1. The highest BCUT2D eigenvalue weighted by Crippen LogP contribution is 2.40. The maximum Gasteiger partial charge on any atom is 0.134 e. The first kappa shape index (κ1) is 9.67. The number of rotatable bonds is 2. The van der Waals surface area contributed by atoms with Crippen LogP contribution in [0.4, 0.5) is 0 Å². The molecule has 1 aliphatic carbocycles. The Labute approximate surface area is 95.1 Å². The number of nitrogens with two attached hydrogens (primary N) is 1. The Morgan fingerprint density at radius 3 is 2.44 bits per heavy atom. The van der Waals surface area contributed by atoms with Crippen LogP contribution in [0.25, 0.3) is 11.3 Å². The van der Waals surface area contributed by atoms with Crippen molar-refractivity contribution in [2.45, 2.75) is 25.3 Å². The molecular formula is C14H15NO. The molecule has 0 spiro atoms. The van der Waals surface area contributed by atoms with Crippen LogP contribution in [0.1, 0.15) is 23.7 Å². The summed E-state index contributed by atoms with van der Waals surface area (Å²) in [5.41, 5.74) is 8.20. The summed E-state index contributed by atoms with van der Waals surface area (Å²) >= 11 is 0. The third-order valence-corrected chi connectivity index (χ3v) is 3.17. The molecule has 1 saturated carbocycles. The highest BCUT2D eigenvalue weighted by atomic mass is 16.3. The van der Waals surface area contributed by atoms with Crippen molar-refractivity contribution in [1.82, 2.24) is 0 Å². The van der Waals surface area contributed by atoms with Gasteiger partial charge in [-0.2, -0.15) is 0 Å². The Morgan fingerprint density at radius 1 is 1.12 bits per heavy atom. The van der Waals surface area contributed by atoms with Gasteiger partial charge in [0.2, 0.25) is 0 Å². The highest BCUT2D eigenvalue weighted by Gasteiger charge is 2.37. The summed E-state index contributed by atoms with van der Waals surface area (Å²) in [6.45, 7) is 2.08. The monoisotopic (exact) mass is 213 g/mol. The van der Waals surface area contributed by atoms with Gasteiger partial charge in [0, 0.05) is 17.5 Å². The number of hydrogen-bond acceptors (Lipinski definition) is 2. The maximum absolute atomic E-state index is 5.82. The van der Waals surface area contributed by atoms with E-state index in [1.807, 2.05) is 12.1 Å². The fraction of sp³-hybridized carbons (Fsp3) is 0.286. The van der Waals surface area contributed by atoms with Gasteiger partial charge in [-0.25, -0.2) is 0 Å². The molecule has 0 amide bonds. The smallest absolute Gasteiger partial charge is 0.134 e. The number of aryl methyl sites for hydroxylation is 1. The van der Waals surface area contributed by atoms with Crippen LogP contribution in [-0.2, 0) is 0 Å². The van der Waals surface area contributed by atoms with E-state index in [-0.39, 0.29) is 0 Å². The lowest BCUT2D eigenvalue weighted by Gasteiger charge is -1.98. The van der Waals surface area contributed by atoms with E-state index in [1.54, 1.807) is 0 Å². The van der Waals surface area contributed by atoms with Gasteiger partial charge in [-0.15, -0.1) is 0 Å². The molecule has 2 N–H and O–H groups in total. The molecule has 3 rings (SSSR count). The third-order valence-electron chi connectivity index (χ3n) is 3.17. The highest BCUT2D eigenvalue weighted by molar-refractivity contribution is 5.58. The first-order chi connectivity index (χ1) is 7.74. The van der Waals surface area contributed by atoms with Crippen LogP contribution in [0, 0.1) is 6.92 Å². The lowest BCUT2D eigenvalue weighted by Crippen LogP contribution is -2.00. The van der Waals surface area contributed by atoms with Crippen molar-refractivity contribution in [2.75, 3.05) is 0 Å². The summed E-state index contributed by atoms with van der Waals surface area (Å²) in [7, 11) is 0. The van der Waals surface area contributed by atoms with Crippen LogP contribution < -0.4 is 5.73 Å². The summed E-state index contributed by atoms with van der Waals surface area (Å²) in [5, 5.41) is 0. The normalized spacial score (nSPS) is 23.4. The average molecular weight is 213 g/mol. The van der Waals surface area contributed by atoms with Gasteiger partial charge < -0.3 is 10.2 Å². The maximum atomic E-state index is 5.82. The standard InChI is InChI=1S/C14H15NO/c1-9-2-4-10(5-3-9)13-6-7-14(16-13)11-8-12(11)15/h2-7,11-12H,8,15H2,1H3/t11-,12-/m1/s1. The Bertz CT molecular complexity index is 498. The van der Waals surface area contributed by atoms with Crippen molar-refractivity contribution in [2.24, 2.45) is 5.73 Å². The molecule has 2 atom stereocenters. The van der Waals surface area contributed by atoms with Gasteiger partial charge in [0.25, 0.3) is 0 Å². The number of furan rings is 1. The summed E-state index contributed by atoms with van der Waals surface area (Å²) in [6, 6.07) is 12.8. The molecule has 2 aromatic rings. The van der Waals surface area contributed by atoms with E-state index in [0.29, 0.717) is 12.0 Å². The minimum absolute atomic E-state index is 0.303. The molecule has 1 aromatic carbocycles. The molecule has 0 unspecified atom stereocenters. The van der Waals surface area contributed by atoms with E-state index in [0.717, 1.165) is 23.5 Å². The fourth-order valence-electron chi connectivity index (χ4n) is 1.97. The molecule has 1 heterocycles. The molecule has 16 heavy (non-hydrogen) atoms. The van der Waals surface area contributed by atoms with Gasteiger partial charge >= 0.3 is 0 Å². The largest absolute Gasteiger partial charge is 0.461 e. The van der Waals surface area contributed by atoms with Crippen LogP contribution in [0.5, 0.6) is 0 Å². The average Bonchev–Trinajstić information content (AvgIpc) is 2.82. The van der Waals surface area contributed by atoms with E-state index in [2.05, 4.69) is 31.2 Å². The lowest BCUT2D eigenvalue weighted by atomic mass is 10.1. The van der Waals surface area contributed by atoms with Crippen LogP contribution in [0.2, 0.25) is 0 Å². The quantitative estimate of drug-likeness (QED) is 0.832. The first-order valence-corrected chi connectivity index (χ1v) is 5.66. The molecular weight excluding hydrogens is 198 g/mol. The molecule has 1 aromatic heterocycles. The van der Waals surface area contributed by atoms with Crippen molar-refractivity contribution >= 4 is 0 Å². The zero-order chi connectivity index (χ0) is 11.1. The van der Waals surface area contributed by atoms with Crippen molar-refractivity contribution in [1.29, 1.82) is 0 Å². The third kappa shape index (κ3) is 1.65. The summed E-state index contributed by atoms with van der Waals surface area (Å²) in [6.07, 6.45) is 1.06. The van der Waals surface area contributed by atoms with Gasteiger partial charge in [0.05, 0.1) is 0 Å². The van der Waals surface area contributed by atoms with E-state index in [4.69, 9.17) is 10.2 Å². The van der Waals surface area contributed by atoms with Crippen molar-refractivity contribution in [3.8, 4) is 11.3 Å². The molecule has 0 bridgehead atoms. The van der Waals surface area contributed by atoms with Crippen molar-refractivity contribution in [3.05, 3.63) is 47.7 Å². The van der Waals surface area contributed by atoms with Gasteiger partial charge in [0.15, 0.2) is 0 Å². The lowest BCUT2D eigenvalue weighted by molar-refractivity contribution is 0.522. The predicted octanol–water partition coefficient (Wildman–Crippen LogP) is 3.07. The van der Waals surface area contributed by atoms with E-state index in [1.165, 1.54) is 5.56 Å². The van der Waals surface area contributed by atoms with Crippen LogP contribution in [0.3, 0.4) is 0 Å². The van der Waals surface area contributed by atoms with Crippen molar-refractivity contribution in [3.63, 3.8) is 0 Å². The number of hydrogen-bond donors (Lipinski definition) is 1. The second-order valence-electron chi connectivity index (χ2n) is 4.57. The number of benzene rings is 1. The molecule has 82 valence electrons. The molecule has 0 aliphatic heterocycles. The molecule has 0 radical (unpaired) electrons. The summed E-state index contributed by atoms with van der Waals surface area (Å²) < 4.78 is 5.82. The van der Waals surface area contributed by atoms with E-state index < -0.39 is 0 Å². The Balaban J connectivity index is 1.89. The van der Waals surface area contributed by atoms with Crippen molar-refractivity contribution < 1.29 is 4.42 Å². The Morgan fingerprint density at radius 2 is 1.81 bits per heavy atom. The second-order valence-corrected chi connectivity index (χ2v) is 4.57. The Hall–Kier alpha value is -1.54. The minimum atomic E-state index is 0.303.